The van der Waals surface area contributed by atoms with E-state index in [4.69, 9.17) is 14.7 Å². The number of nitrogens with zero attached hydrogens (tertiary/aromatic N) is 5. The number of halogens is 3. The van der Waals surface area contributed by atoms with Gasteiger partial charge >= 0.3 is 6.01 Å². The molecule has 12 heteroatoms. The molecule has 2 aromatic carbocycles. The van der Waals surface area contributed by atoms with Gasteiger partial charge in [0.1, 0.15) is 49.4 Å². The third kappa shape index (κ3) is 6.42. The van der Waals surface area contributed by atoms with Crippen LogP contribution in [0.3, 0.4) is 0 Å². The van der Waals surface area contributed by atoms with Crippen molar-refractivity contribution in [2.75, 3.05) is 37.7 Å². The molecule has 7 rings (SSSR count). The molecule has 3 aliphatic heterocycles. The van der Waals surface area contributed by atoms with Gasteiger partial charge in [0.25, 0.3) is 0 Å². The van der Waals surface area contributed by atoms with E-state index in [1.807, 2.05) is 4.90 Å². The molecule has 5 heterocycles. The third-order valence-electron chi connectivity index (χ3n) is 12.2. The lowest BCUT2D eigenvalue weighted by atomic mass is 9.95. The number of rotatable bonds is 8. The highest BCUT2D eigenvalue weighted by molar-refractivity contribution is 6.90. The van der Waals surface area contributed by atoms with Gasteiger partial charge in [-0.1, -0.05) is 53.5 Å². The van der Waals surface area contributed by atoms with Crippen molar-refractivity contribution in [3.63, 3.8) is 0 Å². The number of aryl methyl sites for hydroxylation is 1. The van der Waals surface area contributed by atoms with Crippen molar-refractivity contribution in [1.82, 2.24) is 19.9 Å². The summed E-state index contributed by atoms with van der Waals surface area (Å²) in [7, 11) is -2.29. The number of aromatic hydroxyl groups is 1. The maximum atomic E-state index is 17.3. The molecule has 0 unspecified atom stereocenters. The Morgan fingerprint density at radius 3 is 2.42 bits per heavy atom. The maximum absolute atomic E-state index is 17.3. The quantitative estimate of drug-likeness (QED) is 0.138. The van der Waals surface area contributed by atoms with E-state index in [1.165, 1.54) is 18.2 Å². The summed E-state index contributed by atoms with van der Waals surface area (Å²) in [5, 5.41) is 22.6. The molecule has 2 N–H and O–H groups in total. The van der Waals surface area contributed by atoms with Gasteiger partial charge < -0.3 is 19.8 Å². The van der Waals surface area contributed by atoms with Crippen LogP contribution >= 0.6 is 0 Å². The molecule has 3 atom stereocenters. The van der Waals surface area contributed by atoms with E-state index in [0.717, 1.165) is 19.4 Å². The standard InChI is InChI=1S/C41H50F3N5O3Si/c1-23(2)53(24(3)4,25(5)6)16-12-31-33(43)10-9-27-17-30(51)18-32(35(27)31)37-36(44)38-34(26(7)45-37)39(48-15-11-29(50)21-48)47-40(46-38)52-22-41-13-8-14-49(41)20-28(42)19-41/h9-10,17-18,23-25,28-29,50-51H,8,11,13-15,19-22H2,1-7H3/t28-,29+,41+/m1/s1. The predicted octanol–water partition coefficient (Wildman–Crippen LogP) is 8.23. The highest BCUT2D eigenvalue weighted by atomic mass is 28.3. The fourth-order valence-electron chi connectivity index (χ4n) is 9.70. The molecule has 8 nitrogen and oxygen atoms in total. The number of alkyl halides is 1. The zero-order valence-corrected chi connectivity index (χ0v) is 32.7. The Balaban J connectivity index is 1.43. The van der Waals surface area contributed by atoms with Gasteiger partial charge in [-0.05, 0) is 72.9 Å². The third-order valence-corrected chi connectivity index (χ3v) is 18.5. The van der Waals surface area contributed by atoms with E-state index < -0.39 is 37.5 Å². The van der Waals surface area contributed by atoms with Gasteiger partial charge in [0.15, 0.2) is 5.82 Å². The van der Waals surface area contributed by atoms with Gasteiger partial charge in [0.2, 0.25) is 0 Å². The fourth-order valence-corrected chi connectivity index (χ4v) is 14.9. The molecule has 0 amide bonds. The van der Waals surface area contributed by atoms with E-state index in [-0.39, 0.29) is 40.7 Å². The second kappa shape index (κ2) is 14.1. The largest absolute Gasteiger partial charge is 0.508 e. The number of hydrogen-bond acceptors (Lipinski definition) is 8. The first kappa shape index (κ1) is 37.4. The Morgan fingerprint density at radius 2 is 1.74 bits per heavy atom. The highest BCUT2D eigenvalue weighted by Crippen LogP contribution is 2.44. The number of phenols is 1. The van der Waals surface area contributed by atoms with Crippen LogP contribution in [-0.4, -0.2) is 88.7 Å². The van der Waals surface area contributed by atoms with Crippen molar-refractivity contribution >= 4 is 35.6 Å². The minimum absolute atomic E-state index is 0.0455. The van der Waals surface area contributed by atoms with Crippen molar-refractivity contribution in [3.8, 4) is 34.5 Å². The summed E-state index contributed by atoms with van der Waals surface area (Å²) in [6.45, 7) is 17.0. The van der Waals surface area contributed by atoms with Gasteiger partial charge in [-0.25, -0.2) is 18.2 Å². The summed E-state index contributed by atoms with van der Waals surface area (Å²) in [6.07, 6.45) is 1.08. The van der Waals surface area contributed by atoms with E-state index >= 15 is 8.78 Å². The summed E-state index contributed by atoms with van der Waals surface area (Å²) in [4.78, 5) is 18.1. The Labute approximate surface area is 310 Å². The average molecular weight is 746 g/mol. The summed E-state index contributed by atoms with van der Waals surface area (Å²) in [5.41, 5.74) is 4.66. The van der Waals surface area contributed by atoms with Crippen LogP contribution in [0.2, 0.25) is 16.6 Å². The lowest BCUT2D eigenvalue weighted by Gasteiger charge is -2.38. The van der Waals surface area contributed by atoms with Crippen LogP contribution in [0.5, 0.6) is 11.8 Å². The van der Waals surface area contributed by atoms with E-state index in [1.54, 1.807) is 13.0 Å². The fraction of sp³-hybridized carbons (Fsp3) is 0.537. The molecule has 0 radical (unpaired) electrons. The van der Waals surface area contributed by atoms with E-state index in [2.05, 4.69) is 62.9 Å². The number of aromatic nitrogens is 3. The number of ether oxygens (including phenoxy) is 1. The summed E-state index contributed by atoms with van der Waals surface area (Å²) < 4.78 is 54.2. The molecule has 53 heavy (non-hydrogen) atoms. The van der Waals surface area contributed by atoms with Gasteiger partial charge in [0, 0.05) is 37.0 Å². The number of pyridine rings is 1. The van der Waals surface area contributed by atoms with Crippen molar-refractivity contribution in [2.45, 2.75) is 109 Å². The van der Waals surface area contributed by atoms with Crippen molar-refractivity contribution in [3.05, 3.63) is 47.2 Å². The van der Waals surface area contributed by atoms with Crippen molar-refractivity contribution in [2.24, 2.45) is 0 Å². The molecular formula is C41H50F3N5O3Si. The highest BCUT2D eigenvalue weighted by Gasteiger charge is 2.49. The number of aliphatic hydroxyl groups excluding tert-OH is 1. The van der Waals surface area contributed by atoms with Crippen LogP contribution in [0, 0.1) is 30.0 Å². The van der Waals surface area contributed by atoms with Crippen molar-refractivity contribution < 1.29 is 28.1 Å². The number of phenolic OH excluding ortho intramolecular Hbond substituents is 1. The van der Waals surface area contributed by atoms with Crippen LogP contribution in [0.4, 0.5) is 19.0 Å². The zero-order valence-electron chi connectivity index (χ0n) is 31.7. The SMILES string of the molecule is Cc1nc(-c2cc(O)cc3ccc(F)c(C#C[Si](C(C)C)(C(C)C)C(C)C)c23)c(F)c2nc(OC[C@@]34CCCN3C[C@H](F)C4)nc(N3CC[C@H](O)C3)c12. The Hall–Kier alpha value is -3.92. The smallest absolute Gasteiger partial charge is 0.319 e. The molecule has 282 valence electrons. The van der Waals surface area contributed by atoms with Gasteiger partial charge in [-0.2, -0.15) is 9.97 Å². The number of anilines is 1. The number of benzene rings is 2. The molecule has 3 saturated heterocycles. The predicted molar refractivity (Wildman–Crippen MR) is 206 cm³/mol. The minimum atomic E-state index is -2.29. The lowest BCUT2D eigenvalue weighted by Crippen LogP contribution is -2.43. The Kier molecular flexibility index (Phi) is 9.91. The van der Waals surface area contributed by atoms with Crippen LogP contribution in [0.15, 0.2) is 24.3 Å². The maximum Gasteiger partial charge on any atom is 0.319 e. The van der Waals surface area contributed by atoms with E-state index in [0.29, 0.717) is 76.8 Å². The van der Waals surface area contributed by atoms with Crippen LogP contribution in [0.25, 0.3) is 32.9 Å². The molecule has 4 aromatic rings. The first-order chi connectivity index (χ1) is 25.1. The molecule has 2 aromatic heterocycles. The molecular weight excluding hydrogens is 696 g/mol. The lowest BCUT2D eigenvalue weighted by molar-refractivity contribution is 0.107. The molecule has 0 bridgehead atoms. The molecule has 0 spiro atoms. The molecule has 3 aliphatic rings. The van der Waals surface area contributed by atoms with Gasteiger partial charge in [-0.15, -0.1) is 5.54 Å². The molecule has 0 aliphatic carbocycles. The second-order valence-corrected chi connectivity index (χ2v) is 21.9. The normalized spacial score (nSPS) is 22.1. The van der Waals surface area contributed by atoms with Crippen LogP contribution in [-0.2, 0) is 0 Å². The first-order valence-corrected chi connectivity index (χ1v) is 21.2. The average Bonchev–Trinajstić information content (AvgIpc) is 3.79. The van der Waals surface area contributed by atoms with Gasteiger partial charge in [-0.3, -0.25) is 4.90 Å². The van der Waals surface area contributed by atoms with Crippen molar-refractivity contribution in [1.29, 1.82) is 0 Å². The topological polar surface area (TPSA) is 94.8 Å². The summed E-state index contributed by atoms with van der Waals surface area (Å²) in [6, 6.07) is 5.77. The van der Waals surface area contributed by atoms with Crippen LogP contribution in [0.1, 0.15) is 78.5 Å². The second-order valence-electron chi connectivity index (χ2n) is 16.3. The monoisotopic (exact) mass is 745 g/mol. The number of β-amino-alcohol motifs (C(OH)–C–C–N with tert-alkyl or cyclic N) is 1. The number of aliphatic hydroxyl groups is 1. The number of fused-ring (bicyclic) bond motifs is 3. The minimum Gasteiger partial charge on any atom is -0.508 e. The zero-order chi connectivity index (χ0) is 38.0. The van der Waals surface area contributed by atoms with Crippen LogP contribution < -0.4 is 9.64 Å². The molecule has 3 fully saturated rings. The van der Waals surface area contributed by atoms with E-state index in [9.17, 15) is 14.6 Å². The number of hydrogen-bond donors (Lipinski definition) is 2. The molecule has 0 saturated carbocycles. The summed E-state index contributed by atoms with van der Waals surface area (Å²) >= 11 is 0. The summed E-state index contributed by atoms with van der Waals surface area (Å²) in [5.74, 6) is 2.20. The Bertz CT molecular complexity index is 2110. The Morgan fingerprint density at radius 1 is 1.00 bits per heavy atom. The van der Waals surface area contributed by atoms with Gasteiger partial charge in [0.05, 0.1) is 28.3 Å². The first-order valence-electron chi connectivity index (χ1n) is 19.0.